The number of fused-ring (bicyclic) bond motifs is 1. The molecule has 2 aliphatic rings. The van der Waals surface area contributed by atoms with Crippen LogP contribution in [0, 0.1) is 5.92 Å². The summed E-state index contributed by atoms with van der Waals surface area (Å²) in [6.07, 6.45) is 0.0568. The summed E-state index contributed by atoms with van der Waals surface area (Å²) < 4.78 is 23.6. The Kier molecular flexibility index (Phi) is 5.51. The summed E-state index contributed by atoms with van der Waals surface area (Å²) in [5, 5.41) is 7.93. The van der Waals surface area contributed by atoms with Crippen molar-refractivity contribution in [2.45, 2.75) is 37.2 Å². The highest BCUT2D eigenvalue weighted by Crippen LogP contribution is 2.41. The minimum absolute atomic E-state index is 0.0421. The number of rotatable bonds is 4. The number of anilines is 2. The summed E-state index contributed by atoms with van der Waals surface area (Å²) in [4.78, 5) is 42.1. The Balaban J connectivity index is 1.81. The third kappa shape index (κ3) is 3.87. The summed E-state index contributed by atoms with van der Waals surface area (Å²) in [5.41, 5.74) is 1.13. The molecule has 168 valence electrons. The van der Waals surface area contributed by atoms with Gasteiger partial charge in [-0.15, -0.1) is 0 Å². The van der Waals surface area contributed by atoms with Gasteiger partial charge in [0.05, 0.1) is 22.2 Å². The highest BCUT2D eigenvalue weighted by atomic mass is 32.2. The standard InChI is InChI=1S/C22H24N4O5S/c1-13(2)25-12-15(10-19(25)27)22(29)26-18-9-8-16(32(23,30)31)11-17(18)24-21(28)20(26)14-6-4-3-5-7-14/h3-9,11,13,15,20H,10,12H2,1-2H3,(H,24,28)(H2,23,30,31). The van der Waals surface area contributed by atoms with E-state index in [0.717, 1.165) is 0 Å². The summed E-state index contributed by atoms with van der Waals surface area (Å²) in [6.45, 7) is 4.03. The fraction of sp³-hybridized carbons (Fsp3) is 0.318. The van der Waals surface area contributed by atoms with Crippen molar-refractivity contribution in [1.82, 2.24) is 4.90 Å². The van der Waals surface area contributed by atoms with Crippen LogP contribution in [0.5, 0.6) is 0 Å². The molecule has 2 unspecified atom stereocenters. The molecule has 0 aliphatic carbocycles. The number of nitrogens with zero attached hydrogens (tertiary/aromatic N) is 2. The second kappa shape index (κ2) is 8.03. The van der Waals surface area contributed by atoms with Gasteiger partial charge in [-0.05, 0) is 37.6 Å². The lowest BCUT2D eigenvalue weighted by atomic mass is 9.97. The van der Waals surface area contributed by atoms with Gasteiger partial charge in [-0.1, -0.05) is 30.3 Å². The maximum atomic E-state index is 13.7. The number of carbonyl (C=O) groups is 3. The van der Waals surface area contributed by atoms with E-state index in [1.165, 1.54) is 23.1 Å². The Morgan fingerprint density at radius 3 is 2.41 bits per heavy atom. The van der Waals surface area contributed by atoms with Crippen LogP contribution in [-0.4, -0.2) is 43.6 Å². The molecular weight excluding hydrogens is 432 g/mol. The lowest BCUT2D eigenvalue weighted by Crippen LogP contribution is -2.48. The van der Waals surface area contributed by atoms with Crippen molar-refractivity contribution in [1.29, 1.82) is 0 Å². The van der Waals surface area contributed by atoms with Crippen LogP contribution in [-0.2, 0) is 24.4 Å². The molecule has 0 saturated carbocycles. The molecular formula is C22H24N4O5S. The number of primary sulfonamides is 1. The molecule has 32 heavy (non-hydrogen) atoms. The topological polar surface area (TPSA) is 130 Å². The molecule has 0 bridgehead atoms. The first-order chi connectivity index (χ1) is 15.1. The van der Waals surface area contributed by atoms with Crippen LogP contribution < -0.4 is 15.4 Å². The first kappa shape index (κ1) is 22.0. The van der Waals surface area contributed by atoms with E-state index in [1.807, 2.05) is 13.8 Å². The predicted octanol–water partition coefficient (Wildman–Crippen LogP) is 1.62. The molecule has 9 nitrogen and oxygen atoms in total. The van der Waals surface area contributed by atoms with Gasteiger partial charge in [-0.25, -0.2) is 13.6 Å². The normalized spacial score (nSPS) is 21.0. The average molecular weight is 457 g/mol. The van der Waals surface area contributed by atoms with E-state index >= 15 is 0 Å². The average Bonchev–Trinajstić information content (AvgIpc) is 3.13. The van der Waals surface area contributed by atoms with Crippen LogP contribution in [0.15, 0.2) is 53.4 Å². The number of benzene rings is 2. The second-order valence-electron chi connectivity index (χ2n) is 8.28. The minimum atomic E-state index is -4.00. The molecule has 0 radical (unpaired) electrons. The maximum absolute atomic E-state index is 13.7. The lowest BCUT2D eigenvalue weighted by molar-refractivity contribution is -0.129. The number of carbonyl (C=O) groups excluding carboxylic acids is 3. The number of amides is 3. The van der Waals surface area contributed by atoms with Gasteiger partial charge in [0.15, 0.2) is 0 Å². The zero-order chi connectivity index (χ0) is 23.2. The molecule has 2 aromatic rings. The summed E-state index contributed by atoms with van der Waals surface area (Å²) in [6, 6.07) is 11.8. The van der Waals surface area contributed by atoms with E-state index in [-0.39, 0.29) is 41.4 Å². The Hall–Kier alpha value is -3.24. The van der Waals surface area contributed by atoms with Crippen molar-refractivity contribution in [3.05, 3.63) is 54.1 Å². The van der Waals surface area contributed by atoms with Gasteiger partial charge >= 0.3 is 0 Å². The monoisotopic (exact) mass is 456 g/mol. The molecule has 1 saturated heterocycles. The zero-order valence-corrected chi connectivity index (χ0v) is 18.5. The van der Waals surface area contributed by atoms with E-state index in [2.05, 4.69) is 5.32 Å². The fourth-order valence-electron chi connectivity index (χ4n) is 4.23. The van der Waals surface area contributed by atoms with Crippen molar-refractivity contribution < 1.29 is 22.8 Å². The van der Waals surface area contributed by atoms with Crippen LogP contribution in [0.2, 0.25) is 0 Å². The van der Waals surface area contributed by atoms with Crippen LogP contribution >= 0.6 is 0 Å². The molecule has 2 aliphatic heterocycles. The van der Waals surface area contributed by atoms with Crippen molar-refractivity contribution in [3.63, 3.8) is 0 Å². The molecule has 1 fully saturated rings. The van der Waals surface area contributed by atoms with Gasteiger partial charge in [0.2, 0.25) is 21.8 Å². The summed E-state index contributed by atoms with van der Waals surface area (Å²) in [5.74, 6) is -1.57. The predicted molar refractivity (Wildman–Crippen MR) is 118 cm³/mol. The van der Waals surface area contributed by atoms with Crippen molar-refractivity contribution in [2.24, 2.45) is 11.1 Å². The molecule has 3 N–H and O–H groups in total. The van der Waals surface area contributed by atoms with Crippen LogP contribution in [0.3, 0.4) is 0 Å². The van der Waals surface area contributed by atoms with Crippen molar-refractivity contribution in [3.8, 4) is 0 Å². The summed E-state index contributed by atoms with van der Waals surface area (Å²) >= 11 is 0. The molecule has 10 heteroatoms. The molecule has 2 heterocycles. The van der Waals surface area contributed by atoms with Crippen molar-refractivity contribution in [2.75, 3.05) is 16.8 Å². The highest BCUT2D eigenvalue weighted by Gasteiger charge is 2.44. The zero-order valence-electron chi connectivity index (χ0n) is 17.7. The number of nitrogens with two attached hydrogens (primary N) is 1. The third-order valence-corrected chi connectivity index (χ3v) is 6.72. The number of sulfonamides is 1. The largest absolute Gasteiger partial charge is 0.339 e. The number of likely N-dealkylation sites (tertiary alicyclic amines) is 1. The number of hydrogen-bond acceptors (Lipinski definition) is 5. The van der Waals surface area contributed by atoms with E-state index in [0.29, 0.717) is 11.3 Å². The molecule has 4 rings (SSSR count). The number of hydrogen-bond donors (Lipinski definition) is 2. The van der Waals surface area contributed by atoms with E-state index in [9.17, 15) is 22.8 Å². The van der Waals surface area contributed by atoms with Gasteiger partial charge in [0.1, 0.15) is 6.04 Å². The molecule has 2 atom stereocenters. The van der Waals surface area contributed by atoms with Crippen molar-refractivity contribution >= 4 is 39.1 Å². The van der Waals surface area contributed by atoms with E-state index in [4.69, 9.17) is 5.14 Å². The molecule has 3 amide bonds. The maximum Gasteiger partial charge on any atom is 0.252 e. The quantitative estimate of drug-likeness (QED) is 0.722. The first-order valence-corrected chi connectivity index (χ1v) is 11.8. The van der Waals surface area contributed by atoms with Crippen LogP contribution in [0.1, 0.15) is 31.9 Å². The molecule has 0 aromatic heterocycles. The second-order valence-corrected chi connectivity index (χ2v) is 9.84. The van der Waals surface area contributed by atoms with E-state index in [1.54, 1.807) is 35.2 Å². The minimum Gasteiger partial charge on any atom is -0.339 e. The van der Waals surface area contributed by atoms with Gasteiger partial charge in [0.25, 0.3) is 5.91 Å². The van der Waals surface area contributed by atoms with Crippen LogP contribution in [0.4, 0.5) is 11.4 Å². The van der Waals surface area contributed by atoms with Crippen LogP contribution in [0.25, 0.3) is 0 Å². The molecule has 2 aromatic carbocycles. The van der Waals surface area contributed by atoms with Gasteiger partial charge in [-0.2, -0.15) is 0 Å². The van der Waals surface area contributed by atoms with Gasteiger partial charge in [-0.3, -0.25) is 19.3 Å². The van der Waals surface area contributed by atoms with E-state index < -0.39 is 27.9 Å². The Morgan fingerprint density at radius 1 is 1.12 bits per heavy atom. The summed E-state index contributed by atoms with van der Waals surface area (Å²) in [7, 11) is -4.00. The van der Waals surface area contributed by atoms with Gasteiger partial charge < -0.3 is 10.2 Å². The lowest BCUT2D eigenvalue weighted by Gasteiger charge is -2.38. The van der Waals surface area contributed by atoms with Gasteiger partial charge in [0, 0.05) is 19.0 Å². The SMILES string of the molecule is CC(C)N1CC(C(=O)N2c3ccc(S(N)(=O)=O)cc3NC(=O)C2c2ccccc2)CC1=O. The third-order valence-electron chi connectivity index (χ3n) is 5.80. The molecule has 0 spiro atoms. The number of nitrogens with one attached hydrogen (secondary N) is 1. The highest BCUT2D eigenvalue weighted by molar-refractivity contribution is 7.89. The Morgan fingerprint density at radius 2 is 1.81 bits per heavy atom. The first-order valence-electron chi connectivity index (χ1n) is 10.2. The Labute approximate surface area is 186 Å². The smallest absolute Gasteiger partial charge is 0.252 e. The fourth-order valence-corrected chi connectivity index (χ4v) is 4.77. The Bertz CT molecular complexity index is 1200.